The van der Waals surface area contributed by atoms with Crippen LogP contribution in [-0.2, 0) is 26.5 Å². The third-order valence-electron chi connectivity index (χ3n) is 10.1. The molecule has 10 rings (SSSR count). The summed E-state index contributed by atoms with van der Waals surface area (Å²) in [7, 11) is 0. The number of pyridine rings is 1. The number of ether oxygens (including phenoxy) is 1. The SMILES string of the molecule is [2H]c1c([2H])c([2H])c(-c2cnc(-n3c4[c-]c(Oc5[c-]c(-n6[c-][n+](-c7c(-c8c([2H])c([2H])c([2H])c([2H])c8[2H])cccc7C(C)(C)C)c7ccccc76)ccc5)ccc4c4ccccc43)cc2C([2H])([2H])[2H])c([2H])c1[2H].[Pt]. The van der Waals surface area contributed by atoms with Gasteiger partial charge >= 0.3 is 0 Å². The van der Waals surface area contributed by atoms with Gasteiger partial charge in [-0.05, 0) is 63.3 Å². The molecule has 59 heavy (non-hydrogen) atoms. The Balaban J connectivity index is 0.00000640. The van der Waals surface area contributed by atoms with Crippen LogP contribution in [0.3, 0.4) is 0 Å². The molecule has 0 saturated carbocycles. The van der Waals surface area contributed by atoms with Crippen molar-refractivity contribution < 1.29 is 48.2 Å². The van der Waals surface area contributed by atoms with Crippen LogP contribution < -0.4 is 9.30 Å². The van der Waals surface area contributed by atoms with Crippen molar-refractivity contribution in [2.24, 2.45) is 0 Å². The van der Waals surface area contributed by atoms with Gasteiger partial charge in [-0.3, -0.25) is 4.57 Å². The Labute approximate surface area is 377 Å². The van der Waals surface area contributed by atoms with Crippen molar-refractivity contribution in [3.63, 3.8) is 0 Å². The van der Waals surface area contributed by atoms with Crippen LogP contribution in [0.4, 0.5) is 0 Å². The molecule has 0 aliphatic rings. The normalized spacial score (nSPS) is 14.9. The van der Waals surface area contributed by atoms with Crippen LogP contribution in [0.1, 0.15) is 49.7 Å². The minimum atomic E-state index is -2.78. The van der Waals surface area contributed by atoms with Crippen molar-refractivity contribution in [3.05, 3.63) is 199 Å². The molecule has 0 N–H and O–H groups in total. The number of hydrogen-bond acceptors (Lipinski definition) is 2. The van der Waals surface area contributed by atoms with Crippen LogP contribution in [0, 0.1) is 25.3 Å². The first-order valence-corrected chi connectivity index (χ1v) is 18.6. The zero-order chi connectivity index (χ0) is 50.6. The van der Waals surface area contributed by atoms with Gasteiger partial charge in [0.1, 0.15) is 5.82 Å². The van der Waals surface area contributed by atoms with Gasteiger partial charge in [-0.2, -0.15) is 18.2 Å². The third kappa shape index (κ3) is 6.86. The number of fused-ring (bicyclic) bond motifs is 4. The van der Waals surface area contributed by atoms with E-state index in [2.05, 4.69) is 44.2 Å². The molecule has 7 aromatic carbocycles. The summed E-state index contributed by atoms with van der Waals surface area (Å²) in [5.74, 6) is 0.797. The van der Waals surface area contributed by atoms with Crippen LogP contribution in [0.15, 0.2) is 170 Å². The molecule has 0 aliphatic carbocycles. The third-order valence-corrected chi connectivity index (χ3v) is 10.1. The minimum Gasteiger partial charge on any atom is -0.510 e. The Hall–Kier alpha value is -6.55. The number of rotatable bonds is 7. The maximum atomic E-state index is 8.93. The molecular formula is C53H40N4OPt-2. The van der Waals surface area contributed by atoms with Gasteiger partial charge in [0.15, 0.2) is 0 Å². The van der Waals surface area contributed by atoms with Gasteiger partial charge in [-0.15, -0.1) is 29.7 Å². The van der Waals surface area contributed by atoms with E-state index in [1.165, 1.54) is 12.3 Å². The van der Waals surface area contributed by atoms with Crippen LogP contribution in [0.5, 0.6) is 11.5 Å². The monoisotopic (exact) mass is 956 g/mol. The zero-order valence-electron chi connectivity index (χ0n) is 44.9. The predicted molar refractivity (Wildman–Crippen MR) is 234 cm³/mol. The van der Waals surface area contributed by atoms with Gasteiger partial charge in [0.2, 0.25) is 0 Å². The van der Waals surface area contributed by atoms with Gasteiger partial charge in [-0.25, -0.2) is 4.98 Å². The number of para-hydroxylation sites is 4. The Bertz CT molecular complexity index is 3800. The molecule has 3 heterocycles. The molecule has 0 aliphatic heterocycles. The molecule has 290 valence electrons. The first kappa shape index (κ1) is 25.7. The molecule has 5 nitrogen and oxygen atoms in total. The fraction of sp³-hybridized carbons (Fsp3) is 0.0943. The van der Waals surface area contributed by atoms with Crippen molar-refractivity contribution in [1.29, 1.82) is 0 Å². The molecule has 3 aromatic heterocycles. The van der Waals surface area contributed by atoms with Crippen LogP contribution in [0.25, 0.3) is 72.3 Å². The fourth-order valence-corrected chi connectivity index (χ4v) is 7.45. The van der Waals surface area contributed by atoms with E-state index in [0.29, 0.717) is 39.5 Å². The van der Waals surface area contributed by atoms with Gasteiger partial charge in [0, 0.05) is 54.0 Å². The van der Waals surface area contributed by atoms with E-state index < -0.39 is 60.6 Å². The zero-order valence-corrected chi connectivity index (χ0v) is 34.2. The van der Waals surface area contributed by atoms with E-state index in [9.17, 15) is 0 Å². The summed E-state index contributed by atoms with van der Waals surface area (Å²) in [6.07, 6.45) is 4.74. The molecule has 6 heteroatoms. The predicted octanol–water partition coefficient (Wildman–Crippen LogP) is 12.5. The van der Waals surface area contributed by atoms with Crippen LogP contribution >= 0.6 is 0 Å². The summed E-state index contributed by atoms with van der Waals surface area (Å²) < 4.78 is 122. The molecule has 0 spiro atoms. The van der Waals surface area contributed by atoms with E-state index in [-0.39, 0.29) is 61.2 Å². The summed E-state index contributed by atoms with van der Waals surface area (Å²) in [5.41, 5.74) is 4.05. The molecule has 0 saturated heterocycles. The number of benzene rings is 7. The average molecular weight is 957 g/mol. The molecule has 0 amide bonds. The second kappa shape index (κ2) is 15.3. The maximum Gasteiger partial charge on any atom is 0.268 e. The van der Waals surface area contributed by atoms with Crippen molar-refractivity contribution >= 4 is 32.8 Å². The molecule has 0 atom stereocenters. The summed E-state index contributed by atoms with van der Waals surface area (Å²) in [6, 6.07) is 33.0. The topological polar surface area (TPSA) is 35.9 Å². The van der Waals surface area contributed by atoms with E-state index in [4.69, 9.17) is 22.6 Å². The van der Waals surface area contributed by atoms with Gasteiger partial charge < -0.3 is 13.9 Å². The van der Waals surface area contributed by atoms with Crippen LogP contribution in [0.2, 0.25) is 0 Å². The Morgan fingerprint density at radius 2 is 1.39 bits per heavy atom. The van der Waals surface area contributed by atoms with Crippen molar-refractivity contribution in [1.82, 2.24) is 14.1 Å². The minimum absolute atomic E-state index is 0. The van der Waals surface area contributed by atoms with Crippen molar-refractivity contribution in [3.8, 4) is 50.9 Å². The van der Waals surface area contributed by atoms with Gasteiger partial charge in [0.05, 0.1) is 30.4 Å². The van der Waals surface area contributed by atoms with Crippen molar-refractivity contribution in [2.75, 3.05) is 0 Å². The largest absolute Gasteiger partial charge is 0.510 e. The van der Waals surface area contributed by atoms with Gasteiger partial charge in [-0.1, -0.05) is 147 Å². The van der Waals surface area contributed by atoms with Gasteiger partial charge in [0.25, 0.3) is 6.33 Å². The summed E-state index contributed by atoms with van der Waals surface area (Å²) in [4.78, 5) is 4.66. The Morgan fingerprint density at radius 3 is 2.15 bits per heavy atom. The summed E-state index contributed by atoms with van der Waals surface area (Å²) in [6.45, 7) is 3.37. The van der Waals surface area contributed by atoms with Crippen LogP contribution in [-0.4, -0.2) is 14.1 Å². The van der Waals surface area contributed by atoms with E-state index in [0.717, 1.165) is 27.4 Å². The van der Waals surface area contributed by atoms with E-state index >= 15 is 0 Å². The smallest absolute Gasteiger partial charge is 0.268 e. The second-order valence-electron chi connectivity index (χ2n) is 14.7. The number of aryl methyl sites for hydroxylation is 1. The van der Waals surface area contributed by atoms with Crippen molar-refractivity contribution in [2.45, 2.75) is 33.0 Å². The second-order valence-corrected chi connectivity index (χ2v) is 14.7. The first-order chi connectivity index (χ1) is 33.7. The number of nitrogens with zero attached hydrogens (tertiary/aromatic N) is 4. The quantitative estimate of drug-likeness (QED) is 0.118. The standard InChI is InChI=1S/C53H40N4O.Pt/c1-36-31-51(54-34-45(36)38-19-9-6-10-20-38)57-47-26-12-11-23-43(47)44-30-29-41(33-50(44)57)58-40-22-15-21-39(32-40)55-35-56(49-28-14-13-27-48(49)55)52-42(37-17-7-5-8-18-37)24-16-25-46(52)53(2,3)4;/h5-31,34H,1-4H3;/q-2;/i1D3,5D,6D,7D,8D,9D,10D,17D,18D,19D,20D;. The molecule has 10 aromatic rings. The fourth-order valence-electron chi connectivity index (χ4n) is 7.45. The van der Waals surface area contributed by atoms with E-state index in [1.54, 1.807) is 22.8 Å². The first-order valence-electron chi connectivity index (χ1n) is 25.1. The molecule has 0 bridgehead atoms. The van der Waals surface area contributed by atoms with E-state index in [1.807, 2.05) is 88.0 Å². The average Bonchev–Trinajstić information content (AvgIpc) is 3.89. The number of aromatic nitrogens is 4. The molecule has 0 fully saturated rings. The molecular weight excluding hydrogens is 904 g/mol. The molecule has 0 radical (unpaired) electrons. The Kier molecular flexibility index (Phi) is 6.68. The summed E-state index contributed by atoms with van der Waals surface area (Å²) in [5, 5.41) is 1.57. The molecule has 0 unspecified atom stereocenters. The maximum absolute atomic E-state index is 8.93. The number of imidazole rings is 1. The Morgan fingerprint density at radius 1 is 0.695 bits per heavy atom. The summed E-state index contributed by atoms with van der Waals surface area (Å²) >= 11 is 0. The number of hydrogen-bond donors (Lipinski definition) is 0.